The first-order chi connectivity index (χ1) is 8.81. The molecular weight excluding hydrogens is 250 g/mol. The van der Waals surface area contributed by atoms with Gasteiger partial charge in [-0.3, -0.25) is 10.1 Å². The molecule has 1 aromatic heterocycles. The highest BCUT2D eigenvalue weighted by atomic mass is 16.5. The maximum absolute atomic E-state index is 11.8. The first-order valence-electron chi connectivity index (χ1n) is 6.02. The standard InChI is InChI=1S/C12H19N3O4/c1-7(2)9-5-10(14-19-9)13-12(18)15(4)6-8(3)11(16)17/h5,7-8H,6H2,1-4H3,(H,16,17)(H,13,14,18). The molecule has 19 heavy (non-hydrogen) atoms. The molecule has 0 spiro atoms. The predicted octanol–water partition coefficient (Wildman–Crippen LogP) is 1.98. The minimum atomic E-state index is -0.941. The fraction of sp³-hybridized carbons (Fsp3) is 0.583. The van der Waals surface area contributed by atoms with Crippen LogP contribution in [-0.4, -0.2) is 40.8 Å². The van der Waals surface area contributed by atoms with Crippen molar-refractivity contribution in [3.63, 3.8) is 0 Å². The zero-order valence-corrected chi connectivity index (χ0v) is 11.5. The van der Waals surface area contributed by atoms with Gasteiger partial charge in [-0.2, -0.15) is 0 Å². The molecule has 0 aliphatic rings. The Balaban J connectivity index is 2.56. The van der Waals surface area contributed by atoms with E-state index in [4.69, 9.17) is 9.63 Å². The summed E-state index contributed by atoms with van der Waals surface area (Å²) in [5.74, 6) is -0.384. The van der Waals surface area contributed by atoms with E-state index in [1.54, 1.807) is 13.0 Å². The molecule has 0 aliphatic heterocycles. The number of carbonyl (C=O) groups excluding carboxylic acids is 1. The third kappa shape index (κ3) is 4.27. The average Bonchev–Trinajstić information content (AvgIpc) is 2.77. The van der Waals surface area contributed by atoms with E-state index < -0.39 is 17.9 Å². The summed E-state index contributed by atoms with van der Waals surface area (Å²) in [6.07, 6.45) is 0. The summed E-state index contributed by atoms with van der Waals surface area (Å²) in [6.45, 7) is 5.56. The predicted molar refractivity (Wildman–Crippen MR) is 69.0 cm³/mol. The number of urea groups is 1. The highest BCUT2D eigenvalue weighted by Crippen LogP contribution is 2.18. The Labute approximate surface area is 111 Å². The van der Waals surface area contributed by atoms with Crippen LogP contribution in [0, 0.1) is 5.92 Å². The largest absolute Gasteiger partial charge is 0.481 e. The Morgan fingerprint density at radius 2 is 2.11 bits per heavy atom. The minimum Gasteiger partial charge on any atom is -0.481 e. The zero-order valence-electron chi connectivity index (χ0n) is 11.5. The number of hydrogen-bond donors (Lipinski definition) is 2. The summed E-state index contributed by atoms with van der Waals surface area (Å²) in [5, 5.41) is 15.1. The zero-order chi connectivity index (χ0) is 14.6. The molecule has 0 saturated carbocycles. The van der Waals surface area contributed by atoms with Gasteiger partial charge in [0.15, 0.2) is 5.82 Å². The molecule has 1 unspecified atom stereocenters. The number of aromatic nitrogens is 1. The number of amides is 2. The highest BCUT2D eigenvalue weighted by Gasteiger charge is 2.18. The number of hydrogen-bond acceptors (Lipinski definition) is 4. The van der Waals surface area contributed by atoms with Gasteiger partial charge in [0.1, 0.15) is 5.76 Å². The van der Waals surface area contributed by atoms with Crippen LogP contribution in [0.15, 0.2) is 10.6 Å². The second-order valence-electron chi connectivity index (χ2n) is 4.82. The first kappa shape index (κ1) is 15.0. The van der Waals surface area contributed by atoms with Crippen LogP contribution in [-0.2, 0) is 4.79 Å². The number of nitrogens with zero attached hydrogens (tertiary/aromatic N) is 2. The molecule has 1 heterocycles. The summed E-state index contributed by atoms with van der Waals surface area (Å²) in [7, 11) is 1.53. The van der Waals surface area contributed by atoms with Crippen LogP contribution in [0.25, 0.3) is 0 Å². The van der Waals surface area contributed by atoms with Crippen LogP contribution in [0.5, 0.6) is 0 Å². The Bertz CT molecular complexity index is 456. The maximum atomic E-state index is 11.8. The van der Waals surface area contributed by atoms with Crippen molar-refractivity contribution in [1.82, 2.24) is 10.1 Å². The molecule has 0 bridgehead atoms. The van der Waals surface area contributed by atoms with Gasteiger partial charge in [0.05, 0.1) is 5.92 Å². The molecule has 0 aliphatic carbocycles. The molecule has 1 atom stereocenters. The van der Waals surface area contributed by atoms with Crippen molar-refractivity contribution in [3.05, 3.63) is 11.8 Å². The second kappa shape index (κ2) is 6.21. The van der Waals surface area contributed by atoms with E-state index in [-0.39, 0.29) is 12.5 Å². The van der Waals surface area contributed by atoms with Crippen LogP contribution in [0.4, 0.5) is 10.6 Å². The number of carboxylic acids is 1. The smallest absolute Gasteiger partial charge is 0.322 e. The molecule has 0 saturated heterocycles. The van der Waals surface area contributed by atoms with Gasteiger partial charge < -0.3 is 14.5 Å². The van der Waals surface area contributed by atoms with E-state index in [0.29, 0.717) is 11.6 Å². The van der Waals surface area contributed by atoms with E-state index in [0.717, 1.165) is 0 Å². The number of nitrogens with one attached hydrogen (secondary N) is 1. The van der Waals surface area contributed by atoms with Gasteiger partial charge in [-0.25, -0.2) is 4.79 Å². The van der Waals surface area contributed by atoms with Crippen molar-refractivity contribution in [3.8, 4) is 0 Å². The fourth-order valence-corrected chi connectivity index (χ4v) is 1.40. The third-order valence-electron chi connectivity index (χ3n) is 2.65. The SMILES string of the molecule is CC(CN(C)C(=O)Nc1cc(C(C)C)on1)C(=O)O. The van der Waals surface area contributed by atoms with Gasteiger partial charge in [-0.15, -0.1) is 0 Å². The van der Waals surface area contributed by atoms with E-state index in [2.05, 4.69) is 10.5 Å². The maximum Gasteiger partial charge on any atom is 0.322 e. The molecule has 106 valence electrons. The molecule has 1 aromatic rings. The first-order valence-corrected chi connectivity index (χ1v) is 6.02. The molecule has 1 rings (SSSR count). The molecule has 7 nitrogen and oxygen atoms in total. The van der Waals surface area contributed by atoms with Crippen molar-refractivity contribution >= 4 is 17.8 Å². The Morgan fingerprint density at radius 1 is 1.47 bits per heavy atom. The monoisotopic (exact) mass is 269 g/mol. The molecule has 0 radical (unpaired) electrons. The summed E-state index contributed by atoms with van der Waals surface area (Å²) in [5.41, 5.74) is 0. The number of aliphatic carboxylic acids is 1. The second-order valence-corrected chi connectivity index (χ2v) is 4.82. The number of anilines is 1. The number of rotatable bonds is 5. The summed E-state index contributed by atoms with van der Waals surface area (Å²) in [4.78, 5) is 23.8. The van der Waals surface area contributed by atoms with Crippen molar-refractivity contribution in [2.75, 3.05) is 18.9 Å². The summed E-state index contributed by atoms with van der Waals surface area (Å²) >= 11 is 0. The van der Waals surface area contributed by atoms with E-state index in [1.165, 1.54) is 11.9 Å². The quantitative estimate of drug-likeness (QED) is 0.852. The van der Waals surface area contributed by atoms with Crippen LogP contribution in [0.3, 0.4) is 0 Å². The molecule has 7 heteroatoms. The molecule has 0 fully saturated rings. The van der Waals surface area contributed by atoms with E-state index in [1.807, 2.05) is 13.8 Å². The number of carbonyl (C=O) groups is 2. The lowest BCUT2D eigenvalue weighted by Crippen LogP contribution is -2.36. The summed E-state index contributed by atoms with van der Waals surface area (Å²) in [6, 6.07) is 1.23. The van der Waals surface area contributed by atoms with Crippen LogP contribution >= 0.6 is 0 Å². The van der Waals surface area contributed by atoms with E-state index in [9.17, 15) is 9.59 Å². The van der Waals surface area contributed by atoms with Gasteiger partial charge in [0.2, 0.25) is 0 Å². The third-order valence-corrected chi connectivity index (χ3v) is 2.65. The minimum absolute atomic E-state index is 0.121. The van der Waals surface area contributed by atoms with Gasteiger partial charge in [0.25, 0.3) is 0 Å². The summed E-state index contributed by atoms with van der Waals surface area (Å²) < 4.78 is 5.05. The van der Waals surface area contributed by atoms with Gasteiger partial charge in [-0.1, -0.05) is 25.9 Å². The van der Waals surface area contributed by atoms with E-state index >= 15 is 0 Å². The van der Waals surface area contributed by atoms with Crippen LogP contribution in [0.2, 0.25) is 0 Å². The Morgan fingerprint density at radius 3 is 2.58 bits per heavy atom. The molecular formula is C12H19N3O4. The lowest BCUT2D eigenvalue weighted by molar-refractivity contribution is -0.141. The lowest BCUT2D eigenvalue weighted by Gasteiger charge is -2.18. The van der Waals surface area contributed by atoms with Crippen molar-refractivity contribution in [2.45, 2.75) is 26.7 Å². The van der Waals surface area contributed by atoms with Crippen LogP contribution < -0.4 is 5.32 Å². The van der Waals surface area contributed by atoms with Crippen molar-refractivity contribution in [1.29, 1.82) is 0 Å². The molecule has 2 N–H and O–H groups in total. The van der Waals surface area contributed by atoms with Gasteiger partial charge >= 0.3 is 12.0 Å². The number of carboxylic acid groups (broad SMARTS) is 1. The fourth-order valence-electron chi connectivity index (χ4n) is 1.40. The van der Waals surface area contributed by atoms with Crippen molar-refractivity contribution < 1.29 is 19.2 Å². The molecule has 0 aromatic carbocycles. The van der Waals surface area contributed by atoms with Gasteiger partial charge in [-0.05, 0) is 0 Å². The topological polar surface area (TPSA) is 95.7 Å². The van der Waals surface area contributed by atoms with Crippen molar-refractivity contribution in [2.24, 2.45) is 5.92 Å². The Kier molecular flexibility index (Phi) is 4.91. The average molecular weight is 269 g/mol. The van der Waals surface area contributed by atoms with Gasteiger partial charge in [0, 0.05) is 25.6 Å². The molecule has 2 amide bonds. The lowest BCUT2D eigenvalue weighted by atomic mass is 10.2. The highest BCUT2D eigenvalue weighted by molar-refractivity contribution is 5.88. The normalized spacial score (nSPS) is 12.3. The van der Waals surface area contributed by atoms with Crippen LogP contribution in [0.1, 0.15) is 32.4 Å². The Hall–Kier alpha value is -2.05.